The molecule has 1 aromatic rings. The minimum absolute atomic E-state index is 0.0603. The number of H-pyrrole nitrogens is 1. The Morgan fingerprint density at radius 3 is 2.26 bits per heavy atom. The average molecular weight is 513 g/mol. The van der Waals surface area contributed by atoms with Crippen LogP contribution >= 0.6 is 11.8 Å². The van der Waals surface area contributed by atoms with Crippen LogP contribution < -0.4 is 21.7 Å². The first-order valence-corrected chi connectivity index (χ1v) is 13.2. The molecule has 0 spiro atoms. The van der Waals surface area contributed by atoms with Crippen LogP contribution in [-0.2, 0) is 25.6 Å². The van der Waals surface area contributed by atoms with Crippen molar-refractivity contribution in [3.8, 4) is 0 Å². The smallest absolute Gasteiger partial charge is 0.326 e. The highest BCUT2D eigenvalue weighted by molar-refractivity contribution is 7.98. The van der Waals surface area contributed by atoms with Gasteiger partial charge < -0.3 is 31.8 Å². The zero-order valence-corrected chi connectivity index (χ0v) is 22.0. The first-order valence-electron chi connectivity index (χ1n) is 11.9. The van der Waals surface area contributed by atoms with Crippen molar-refractivity contribution < 1.29 is 24.3 Å². The number of thioether (sulfide) groups is 1. The highest BCUT2D eigenvalue weighted by atomic mass is 32.2. The number of aromatic amines is 1. The number of nitrogens with two attached hydrogens (primary N) is 1. The molecule has 35 heavy (non-hydrogen) atoms. The zero-order chi connectivity index (χ0) is 26.5. The third kappa shape index (κ3) is 10.7. The van der Waals surface area contributed by atoms with Crippen LogP contribution in [0.1, 0.15) is 52.7 Å². The van der Waals surface area contributed by atoms with Crippen LogP contribution in [-0.4, -0.2) is 74.9 Å². The fraction of sp³-hybridized carbons (Fsp3) is 0.696. The van der Waals surface area contributed by atoms with E-state index in [-0.39, 0.29) is 24.7 Å². The number of rotatable bonds is 16. The van der Waals surface area contributed by atoms with Crippen molar-refractivity contribution in [2.24, 2.45) is 17.6 Å². The second-order valence-electron chi connectivity index (χ2n) is 9.13. The highest BCUT2D eigenvalue weighted by Gasteiger charge is 2.32. The molecule has 0 radical (unpaired) electrons. The summed E-state index contributed by atoms with van der Waals surface area (Å²) in [6, 6.07) is -3.79. The van der Waals surface area contributed by atoms with Crippen LogP contribution in [0.15, 0.2) is 12.5 Å². The van der Waals surface area contributed by atoms with E-state index in [1.165, 1.54) is 18.1 Å². The Hall–Kier alpha value is -2.60. The Kier molecular flexibility index (Phi) is 13.4. The Bertz CT molecular complexity index is 819. The van der Waals surface area contributed by atoms with E-state index in [0.29, 0.717) is 24.3 Å². The number of carbonyl (C=O) groups is 4. The van der Waals surface area contributed by atoms with E-state index in [1.807, 2.05) is 27.0 Å². The molecule has 1 aromatic heterocycles. The molecule has 3 amide bonds. The molecule has 0 aromatic carbocycles. The molecule has 1 heterocycles. The number of amides is 3. The van der Waals surface area contributed by atoms with Gasteiger partial charge >= 0.3 is 5.97 Å². The zero-order valence-electron chi connectivity index (χ0n) is 21.2. The van der Waals surface area contributed by atoms with Gasteiger partial charge in [-0.05, 0) is 36.7 Å². The summed E-state index contributed by atoms with van der Waals surface area (Å²) in [5.74, 6) is -2.30. The lowest BCUT2D eigenvalue weighted by atomic mass is 9.96. The van der Waals surface area contributed by atoms with Crippen LogP contribution in [0.2, 0.25) is 0 Å². The monoisotopic (exact) mass is 512 g/mol. The standard InChI is InChI=1S/C23H40N6O5S/c1-6-14(4)19(22(32)28-18(23(33)34)9-13(2)3)29-21(31)17(7-8-35-5)27-20(30)16(24)10-15-11-25-12-26-15/h11-14,16-19H,6-10,24H2,1-5H3,(H,25,26)(H,27,30)(H,28,32)(H,29,31)(H,33,34). The molecule has 12 heteroatoms. The van der Waals surface area contributed by atoms with Crippen LogP contribution in [0.25, 0.3) is 0 Å². The summed E-state index contributed by atoms with van der Waals surface area (Å²) in [7, 11) is 0. The number of hydrogen-bond donors (Lipinski definition) is 6. The SMILES string of the molecule is CCC(C)C(NC(=O)C(CCSC)NC(=O)C(N)Cc1cnc[nH]1)C(=O)NC(CC(C)C)C(=O)O. The van der Waals surface area contributed by atoms with Crippen molar-refractivity contribution in [3.05, 3.63) is 18.2 Å². The first kappa shape index (κ1) is 30.4. The maximum atomic E-state index is 13.2. The number of hydrogen-bond acceptors (Lipinski definition) is 7. The number of carboxylic acid groups (broad SMARTS) is 1. The molecule has 7 N–H and O–H groups in total. The van der Waals surface area contributed by atoms with Gasteiger partial charge in [-0.15, -0.1) is 0 Å². The van der Waals surface area contributed by atoms with Gasteiger partial charge in [0.1, 0.15) is 18.1 Å². The molecule has 198 valence electrons. The van der Waals surface area contributed by atoms with Gasteiger partial charge in [-0.2, -0.15) is 11.8 Å². The number of imidazole rings is 1. The number of carbonyl (C=O) groups excluding carboxylic acids is 3. The third-order valence-corrected chi connectivity index (χ3v) is 6.33. The van der Waals surface area contributed by atoms with Crippen LogP contribution in [0.3, 0.4) is 0 Å². The molecule has 0 saturated carbocycles. The molecule has 0 aliphatic carbocycles. The van der Waals surface area contributed by atoms with Gasteiger partial charge in [-0.3, -0.25) is 14.4 Å². The van der Waals surface area contributed by atoms with E-state index in [1.54, 1.807) is 13.1 Å². The van der Waals surface area contributed by atoms with Gasteiger partial charge in [0.25, 0.3) is 0 Å². The molecule has 0 bridgehead atoms. The predicted octanol–water partition coefficient (Wildman–Crippen LogP) is 0.664. The molecule has 11 nitrogen and oxygen atoms in total. The molecule has 1 rings (SSSR count). The van der Waals surface area contributed by atoms with Crippen LogP contribution in [0.4, 0.5) is 0 Å². The normalized spacial score (nSPS) is 15.5. The van der Waals surface area contributed by atoms with E-state index in [4.69, 9.17) is 5.73 Å². The summed E-state index contributed by atoms with van der Waals surface area (Å²) in [4.78, 5) is 57.3. The van der Waals surface area contributed by atoms with Crippen molar-refractivity contribution in [1.29, 1.82) is 0 Å². The van der Waals surface area contributed by atoms with Crippen LogP contribution in [0.5, 0.6) is 0 Å². The van der Waals surface area contributed by atoms with Gasteiger partial charge in [0, 0.05) is 18.3 Å². The summed E-state index contributed by atoms with van der Waals surface area (Å²) in [6.07, 6.45) is 6.37. The molecular weight excluding hydrogens is 472 g/mol. The summed E-state index contributed by atoms with van der Waals surface area (Å²) in [5, 5.41) is 17.5. The minimum Gasteiger partial charge on any atom is -0.480 e. The van der Waals surface area contributed by atoms with Gasteiger partial charge in [0.15, 0.2) is 0 Å². The summed E-state index contributed by atoms with van der Waals surface area (Å²) in [6.45, 7) is 7.41. The number of carboxylic acids is 1. The average Bonchev–Trinajstić information content (AvgIpc) is 3.31. The van der Waals surface area contributed by atoms with Crippen molar-refractivity contribution in [1.82, 2.24) is 25.9 Å². The Morgan fingerprint density at radius 1 is 1.09 bits per heavy atom. The van der Waals surface area contributed by atoms with E-state index >= 15 is 0 Å². The topological polar surface area (TPSA) is 179 Å². The molecule has 5 atom stereocenters. The molecule has 0 aliphatic rings. The van der Waals surface area contributed by atoms with Gasteiger partial charge in [-0.25, -0.2) is 9.78 Å². The van der Waals surface area contributed by atoms with Crippen molar-refractivity contribution in [2.75, 3.05) is 12.0 Å². The summed E-state index contributed by atoms with van der Waals surface area (Å²) in [5.41, 5.74) is 6.71. The van der Waals surface area contributed by atoms with Crippen molar-refractivity contribution in [2.45, 2.75) is 77.5 Å². The number of aromatic nitrogens is 2. The summed E-state index contributed by atoms with van der Waals surface area (Å²) < 4.78 is 0. The van der Waals surface area contributed by atoms with Gasteiger partial charge in [0.05, 0.1) is 12.4 Å². The molecular formula is C23H40N6O5S. The number of nitrogens with one attached hydrogen (secondary N) is 4. The van der Waals surface area contributed by atoms with E-state index < -0.39 is 47.9 Å². The maximum Gasteiger partial charge on any atom is 0.326 e. The first-order chi connectivity index (χ1) is 16.5. The largest absolute Gasteiger partial charge is 0.480 e. The highest BCUT2D eigenvalue weighted by Crippen LogP contribution is 2.12. The lowest BCUT2D eigenvalue weighted by molar-refractivity contribution is -0.143. The fourth-order valence-corrected chi connectivity index (χ4v) is 3.89. The van der Waals surface area contributed by atoms with Crippen molar-refractivity contribution >= 4 is 35.5 Å². The molecule has 0 saturated heterocycles. The molecule has 0 fully saturated rings. The summed E-state index contributed by atoms with van der Waals surface area (Å²) >= 11 is 1.52. The van der Waals surface area contributed by atoms with E-state index in [2.05, 4.69) is 25.9 Å². The number of nitrogens with zero attached hydrogens (tertiary/aromatic N) is 1. The molecule has 0 aliphatic heterocycles. The lowest BCUT2D eigenvalue weighted by Gasteiger charge is -2.28. The Morgan fingerprint density at radius 2 is 1.74 bits per heavy atom. The van der Waals surface area contributed by atoms with Gasteiger partial charge in [-0.1, -0.05) is 34.1 Å². The molecule has 5 unspecified atom stereocenters. The Labute approximate surface area is 211 Å². The number of aliphatic carboxylic acids is 1. The second-order valence-corrected chi connectivity index (χ2v) is 10.1. The fourth-order valence-electron chi connectivity index (χ4n) is 3.42. The predicted molar refractivity (Wildman–Crippen MR) is 136 cm³/mol. The van der Waals surface area contributed by atoms with Crippen molar-refractivity contribution in [3.63, 3.8) is 0 Å². The second kappa shape index (κ2) is 15.4. The minimum atomic E-state index is -1.13. The quantitative estimate of drug-likeness (QED) is 0.187. The third-order valence-electron chi connectivity index (χ3n) is 5.69. The maximum absolute atomic E-state index is 13.2. The van der Waals surface area contributed by atoms with Gasteiger partial charge in [0.2, 0.25) is 17.7 Å². The van der Waals surface area contributed by atoms with Crippen LogP contribution in [0, 0.1) is 11.8 Å². The van der Waals surface area contributed by atoms with E-state index in [0.717, 1.165) is 0 Å². The Balaban J connectivity index is 2.94. The lowest BCUT2D eigenvalue weighted by Crippen LogP contribution is -2.59. The van der Waals surface area contributed by atoms with E-state index in [9.17, 15) is 24.3 Å².